The number of amides is 2. The van der Waals surface area contributed by atoms with Gasteiger partial charge < -0.3 is 4.42 Å². The number of benzene rings is 1. The van der Waals surface area contributed by atoms with Gasteiger partial charge in [0.05, 0.1) is 11.9 Å². The Hall–Kier alpha value is -3.58. The second-order valence-corrected chi connectivity index (χ2v) is 6.62. The van der Waals surface area contributed by atoms with Crippen molar-refractivity contribution in [3.05, 3.63) is 77.8 Å². The van der Waals surface area contributed by atoms with Crippen LogP contribution in [0.4, 0.5) is 5.69 Å². The molecule has 1 fully saturated rings. The van der Waals surface area contributed by atoms with Gasteiger partial charge in [0, 0.05) is 11.8 Å². The Balaban J connectivity index is 1.67. The summed E-state index contributed by atoms with van der Waals surface area (Å²) in [5, 5.41) is 2.55. The summed E-state index contributed by atoms with van der Waals surface area (Å²) in [6, 6.07) is 14.8. The molecule has 4 rings (SSSR count). The highest BCUT2D eigenvalue weighted by molar-refractivity contribution is 7.80. The second-order valence-electron chi connectivity index (χ2n) is 6.24. The van der Waals surface area contributed by atoms with Crippen LogP contribution in [0.15, 0.2) is 70.9 Å². The molecule has 7 heteroatoms. The zero-order valence-corrected chi connectivity index (χ0v) is 15.7. The zero-order valence-electron chi connectivity index (χ0n) is 14.9. The van der Waals surface area contributed by atoms with Crippen molar-refractivity contribution in [2.75, 3.05) is 4.90 Å². The molecule has 1 aromatic carbocycles. The predicted octanol–water partition coefficient (Wildman–Crippen LogP) is 3.48. The summed E-state index contributed by atoms with van der Waals surface area (Å²) in [7, 11) is 0. The van der Waals surface area contributed by atoms with Crippen molar-refractivity contribution in [3.8, 4) is 11.3 Å². The predicted molar refractivity (Wildman–Crippen MR) is 109 cm³/mol. The second kappa shape index (κ2) is 7.21. The fourth-order valence-corrected chi connectivity index (χ4v) is 3.10. The highest BCUT2D eigenvalue weighted by atomic mass is 32.1. The van der Waals surface area contributed by atoms with Crippen molar-refractivity contribution < 1.29 is 14.0 Å². The number of nitrogens with one attached hydrogen (secondary N) is 1. The van der Waals surface area contributed by atoms with Crippen LogP contribution in [-0.2, 0) is 9.59 Å². The minimum absolute atomic E-state index is 0.0138. The van der Waals surface area contributed by atoms with Crippen LogP contribution in [0.3, 0.4) is 0 Å². The molecule has 28 heavy (non-hydrogen) atoms. The lowest BCUT2D eigenvalue weighted by Crippen LogP contribution is -2.54. The first-order valence-corrected chi connectivity index (χ1v) is 8.92. The van der Waals surface area contributed by atoms with Crippen LogP contribution in [-0.4, -0.2) is 21.9 Å². The van der Waals surface area contributed by atoms with E-state index in [1.807, 2.05) is 31.2 Å². The van der Waals surface area contributed by atoms with E-state index in [0.29, 0.717) is 17.2 Å². The number of furan rings is 1. The lowest BCUT2D eigenvalue weighted by molar-refractivity contribution is -0.122. The highest BCUT2D eigenvalue weighted by Crippen LogP contribution is 2.25. The van der Waals surface area contributed by atoms with Crippen LogP contribution in [0.5, 0.6) is 0 Å². The first-order chi connectivity index (χ1) is 13.5. The number of aryl methyl sites for hydroxylation is 1. The minimum atomic E-state index is -0.566. The summed E-state index contributed by atoms with van der Waals surface area (Å²) < 4.78 is 5.80. The summed E-state index contributed by atoms with van der Waals surface area (Å²) in [4.78, 5) is 30.5. The van der Waals surface area contributed by atoms with Crippen LogP contribution >= 0.6 is 12.2 Å². The van der Waals surface area contributed by atoms with Crippen LogP contribution in [0.1, 0.15) is 11.3 Å². The molecule has 2 amide bonds. The van der Waals surface area contributed by atoms with Crippen molar-refractivity contribution >= 4 is 40.9 Å². The number of aromatic nitrogens is 1. The third-order valence-corrected chi connectivity index (χ3v) is 4.54. The van der Waals surface area contributed by atoms with Gasteiger partial charge in [-0.25, -0.2) is 0 Å². The first-order valence-electron chi connectivity index (χ1n) is 8.51. The average Bonchev–Trinajstić information content (AvgIpc) is 3.15. The molecule has 1 saturated heterocycles. The summed E-state index contributed by atoms with van der Waals surface area (Å²) >= 11 is 5.15. The Labute approximate surface area is 166 Å². The van der Waals surface area contributed by atoms with Gasteiger partial charge in [0.1, 0.15) is 17.1 Å². The van der Waals surface area contributed by atoms with Gasteiger partial charge in [-0.05, 0) is 49.5 Å². The standard InChI is InChI=1S/C21H15N3O3S/c1-13-4-6-14(7-5-13)18-9-8-16(27-18)11-17-19(25)23-21(28)24(20(17)26)15-3-2-10-22-12-15/h2-12H,1H3,(H,23,25,28)/b17-11-. The van der Waals surface area contributed by atoms with Gasteiger partial charge in [0.2, 0.25) is 0 Å². The maximum Gasteiger partial charge on any atom is 0.270 e. The van der Waals surface area contributed by atoms with Gasteiger partial charge in [-0.15, -0.1) is 0 Å². The maximum atomic E-state index is 12.9. The molecule has 0 aliphatic carbocycles. The third-order valence-electron chi connectivity index (χ3n) is 4.26. The zero-order chi connectivity index (χ0) is 19.7. The quantitative estimate of drug-likeness (QED) is 0.422. The van der Waals surface area contributed by atoms with Crippen molar-refractivity contribution in [2.45, 2.75) is 6.92 Å². The van der Waals surface area contributed by atoms with E-state index >= 15 is 0 Å². The first kappa shape index (κ1) is 17.8. The molecule has 1 aliphatic rings. The smallest absolute Gasteiger partial charge is 0.270 e. The summed E-state index contributed by atoms with van der Waals surface area (Å²) in [6.45, 7) is 2.01. The molecule has 0 radical (unpaired) electrons. The molecule has 2 aromatic heterocycles. The molecule has 0 unspecified atom stereocenters. The van der Waals surface area contributed by atoms with E-state index in [-0.39, 0.29) is 10.7 Å². The number of carbonyl (C=O) groups excluding carboxylic acids is 2. The largest absolute Gasteiger partial charge is 0.457 e. The van der Waals surface area contributed by atoms with E-state index in [1.165, 1.54) is 17.2 Å². The van der Waals surface area contributed by atoms with Crippen LogP contribution in [0.2, 0.25) is 0 Å². The van der Waals surface area contributed by atoms with E-state index in [1.54, 1.807) is 30.5 Å². The molecule has 0 spiro atoms. The molecule has 3 aromatic rings. The number of hydrogen-bond acceptors (Lipinski definition) is 5. The minimum Gasteiger partial charge on any atom is -0.457 e. The molecule has 138 valence electrons. The summed E-state index contributed by atoms with van der Waals surface area (Å²) in [5.41, 5.74) is 2.46. The number of carbonyl (C=O) groups is 2. The Kier molecular flexibility index (Phi) is 4.58. The lowest BCUT2D eigenvalue weighted by Gasteiger charge is -2.28. The Bertz CT molecular complexity index is 1100. The van der Waals surface area contributed by atoms with Crippen LogP contribution in [0.25, 0.3) is 17.4 Å². The van der Waals surface area contributed by atoms with Crippen molar-refractivity contribution in [3.63, 3.8) is 0 Å². The third kappa shape index (κ3) is 3.35. The Morgan fingerprint density at radius 3 is 2.61 bits per heavy atom. The van der Waals surface area contributed by atoms with E-state index in [2.05, 4.69) is 10.3 Å². The van der Waals surface area contributed by atoms with Gasteiger partial charge in [-0.3, -0.25) is 24.8 Å². The summed E-state index contributed by atoms with van der Waals surface area (Å²) in [5.74, 6) is -0.0540. The van der Waals surface area contributed by atoms with Crippen molar-refractivity contribution in [2.24, 2.45) is 0 Å². The number of pyridine rings is 1. The van der Waals surface area contributed by atoms with E-state index < -0.39 is 11.8 Å². The number of nitrogens with zero attached hydrogens (tertiary/aromatic N) is 2. The number of rotatable bonds is 3. The maximum absolute atomic E-state index is 12.9. The molecule has 0 atom stereocenters. The normalized spacial score (nSPS) is 15.8. The van der Waals surface area contributed by atoms with Crippen LogP contribution in [0, 0.1) is 6.92 Å². The van der Waals surface area contributed by atoms with Gasteiger partial charge in [0.25, 0.3) is 11.8 Å². The molecular formula is C21H15N3O3S. The van der Waals surface area contributed by atoms with Crippen molar-refractivity contribution in [1.29, 1.82) is 0 Å². The molecular weight excluding hydrogens is 374 g/mol. The monoisotopic (exact) mass is 389 g/mol. The molecule has 1 N–H and O–H groups in total. The van der Waals surface area contributed by atoms with Gasteiger partial charge in [-0.2, -0.15) is 0 Å². The topological polar surface area (TPSA) is 75.4 Å². The Morgan fingerprint density at radius 1 is 1.11 bits per heavy atom. The number of anilines is 1. The molecule has 6 nitrogen and oxygen atoms in total. The number of hydrogen-bond donors (Lipinski definition) is 1. The highest BCUT2D eigenvalue weighted by Gasteiger charge is 2.34. The fraction of sp³-hybridized carbons (Fsp3) is 0.0476. The lowest BCUT2D eigenvalue weighted by atomic mass is 10.1. The number of thiocarbonyl (C=S) groups is 1. The molecule has 0 bridgehead atoms. The van der Waals surface area contributed by atoms with Gasteiger partial charge in [-0.1, -0.05) is 29.8 Å². The SMILES string of the molecule is Cc1ccc(-c2ccc(/C=C3/C(=O)NC(=S)N(c4cccnc4)C3=O)o2)cc1. The molecule has 3 heterocycles. The Morgan fingerprint density at radius 2 is 1.89 bits per heavy atom. The van der Waals surface area contributed by atoms with E-state index in [0.717, 1.165) is 11.1 Å². The molecule has 1 aliphatic heterocycles. The van der Waals surface area contributed by atoms with Gasteiger partial charge in [0.15, 0.2) is 5.11 Å². The average molecular weight is 389 g/mol. The van der Waals surface area contributed by atoms with E-state index in [9.17, 15) is 9.59 Å². The van der Waals surface area contributed by atoms with Crippen molar-refractivity contribution in [1.82, 2.24) is 10.3 Å². The molecule has 0 saturated carbocycles. The van der Waals surface area contributed by atoms with E-state index in [4.69, 9.17) is 16.6 Å². The van der Waals surface area contributed by atoms with Crippen LogP contribution < -0.4 is 10.2 Å². The fourth-order valence-electron chi connectivity index (χ4n) is 2.82. The van der Waals surface area contributed by atoms with Gasteiger partial charge >= 0.3 is 0 Å². The summed E-state index contributed by atoms with van der Waals surface area (Å²) in [6.07, 6.45) is 4.51.